The van der Waals surface area contributed by atoms with E-state index in [-0.39, 0.29) is 17.3 Å². The highest BCUT2D eigenvalue weighted by Crippen LogP contribution is 2.35. The molecule has 0 radical (unpaired) electrons. The zero-order valence-corrected chi connectivity index (χ0v) is 11.9. The third kappa shape index (κ3) is 3.47. The van der Waals surface area contributed by atoms with Gasteiger partial charge in [0.2, 0.25) is 0 Å². The first-order valence-corrected chi connectivity index (χ1v) is 7.02. The standard InChI is InChI=1S/C14H19F2N3O2/c1-17-9-11-4-2-3-7-18(11)13-6-5-10(19(20)21)8-12(13)14(15)16/h5-6,8,11,14,17H,2-4,7,9H2,1H3. The molecule has 2 rings (SSSR count). The van der Waals surface area contributed by atoms with Gasteiger partial charge in [-0.25, -0.2) is 8.78 Å². The number of alkyl halides is 2. The summed E-state index contributed by atoms with van der Waals surface area (Å²) in [6.07, 6.45) is 0.220. The summed E-state index contributed by atoms with van der Waals surface area (Å²) in [6, 6.07) is 3.88. The van der Waals surface area contributed by atoms with Crippen molar-refractivity contribution in [2.45, 2.75) is 31.7 Å². The summed E-state index contributed by atoms with van der Waals surface area (Å²) in [5.41, 5.74) is -0.140. The molecule has 1 unspecified atom stereocenters. The van der Waals surface area contributed by atoms with Crippen LogP contribution in [0.3, 0.4) is 0 Å². The number of hydrogen-bond acceptors (Lipinski definition) is 4. The van der Waals surface area contributed by atoms with E-state index in [0.717, 1.165) is 25.3 Å². The number of halogens is 2. The van der Waals surface area contributed by atoms with E-state index in [1.165, 1.54) is 12.1 Å². The van der Waals surface area contributed by atoms with E-state index in [9.17, 15) is 18.9 Å². The Balaban J connectivity index is 2.38. The second-order valence-electron chi connectivity index (χ2n) is 5.20. The van der Waals surface area contributed by atoms with E-state index in [4.69, 9.17) is 0 Å². The average Bonchev–Trinajstić information content (AvgIpc) is 2.47. The summed E-state index contributed by atoms with van der Waals surface area (Å²) in [4.78, 5) is 12.1. The van der Waals surface area contributed by atoms with Gasteiger partial charge in [-0.15, -0.1) is 0 Å². The van der Waals surface area contributed by atoms with Crippen LogP contribution in [0.5, 0.6) is 0 Å². The van der Waals surface area contributed by atoms with Crippen LogP contribution in [0.1, 0.15) is 31.3 Å². The second-order valence-corrected chi connectivity index (χ2v) is 5.20. The van der Waals surface area contributed by atoms with Gasteiger partial charge in [0, 0.05) is 42.5 Å². The molecule has 1 aliphatic heterocycles. The number of likely N-dealkylation sites (N-methyl/N-ethyl adjacent to an activating group) is 1. The fourth-order valence-corrected chi connectivity index (χ4v) is 2.86. The highest BCUT2D eigenvalue weighted by Gasteiger charge is 2.27. The normalized spacial score (nSPS) is 19.0. The highest BCUT2D eigenvalue weighted by molar-refractivity contribution is 5.59. The summed E-state index contributed by atoms with van der Waals surface area (Å²) in [5.74, 6) is 0. The van der Waals surface area contributed by atoms with Crippen molar-refractivity contribution in [3.63, 3.8) is 0 Å². The Hall–Kier alpha value is -1.76. The van der Waals surface area contributed by atoms with Gasteiger partial charge in [0.15, 0.2) is 0 Å². The van der Waals surface area contributed by atoms with Crippen molar-refractivity contribution < 1.29 is 13.7 Å². The SMILES string of the molecule is CNCC1CCCCN1c1ccc([N+](=O)[O-])cc1C(F)F. The van der Waals surface area contributed by atoms with E-state index < -0.39 is 11.3 Å². The predicted molar refractivity (Wildman–Crippen MR) is 77.0 cm³/mol. The molecule has 0 bridgehead atoms. The second kappa shape index (κ2) is 6.80. The van der Waals surface area contributed by atoms with Crippen molar-refractivity contribution in [2.24, 2.45) is 0 Å². The lowest BCUT2D eigenvalue weighted by Gasteiger charge is -2.38. The molecule has 0 amide bonds. The molecule has 1 atom stereocenters. The molecule has 1 fully saturated rings. The molecular weight excluding hydrogens is 280 g/mol. The number of anilines is 1. The summed E-state index contributed by atoms with van der Waals surface area (Å²) in [5, 5.41) is 13.8. The van der Waals surface area contributed by atoms with Gasteiger partial charge in [0.25, 0.3) is 12.1 Å². The minimum absolute atomic E-state index is 0.141. The first-order chi connectivity index (χ1) is 10.0. The number of nitro groups is 1. The molecule has 0 saturated carbocycles. The summed E-state index contributed by atoms with van der Waals surface area (Å²) in [7, 11) is 1.83. The van der Waals surface area contributed by atoms with Crippen LogP contribution >= 0.6 is 0 Å². The Kier molecular flexibility index (Phi) is 5.06. The van der Waals surface area contributed by atoms with E-state index >= 15 is 0 Å². The molecule has 1 aromatic rings. The van der Waals surface area contributed by atoms with Crippen molar-refractivity contribution in [3.8, 4) is 0 Å². The van der Waals surface area contributed by atoms with Crippen LogP contribution in [0.2, 0.25) is 0 Å². The number of non-ortho nitro benzene ring substituents is 1. The first-order valence-electron chi connectivity index (χ1n) is 7.02. The van der Waals surface area contributed by atoms with Crippen LogP contribution in [-0.4, -0.2) is 31.1 Å². The van der Waals surface area contributed by atoms with Gasteiger partial charge >= 0.3 is 0 Å². The average molecular weight is 299 g/mol. The first kappa shape index (κ1) is 15.6. The molecule has 0 aliphatic carbocycles. The molecule has 1 aromatic carbocycles. The number of nitrogens with zero attached hydrogens (tertiary/aromatic N) is 2. The lowest BCUT2D eigenvalue weighted by atomic mass is 9.99. The Morgan fingerprint density at radius 1 is 1.48 bits per heavy atom. The number of benzene rings is 1. The predicted octanol–water partition coefficient (Wildman–Crippen LogP) is 3.11. The quantitative estimate of drug-likeness (QED) is 0.670. The van der Waals surface area contributed by atoms with Gasteiger partial charge in [-0.1, -0.05) is 0 Å². The van der Waals surface area contributed by atoms with Crippen LogP contribution < -0.4 is 10.2 Å². The van der Waals surface area contributed by atoms with Crippen LogP contribution in [0.4, 0.5) is 20.2 Å². The summed E-state index contributed by atoms with van der Waals surface area (Å²) in [6.45, 7) is 1.41. The number of rotatable bonds is 5. The lowest BCUT2D eigenvalue weighted by molar-refractivity contribution is -0.385. The molecule has 21 heavy (non-hydrogen) atoms. The number of hydrogen-bond donors (Lipinski definition) is 1. The maximum Gasteiger partial charge on any atom is 0.270 e. The van der Waals surface area contributed by atoms with Gasteiger partial charge in [0.05, 0.1) is 4.92 Å². The van der Waals surface area contributed by atoms with Gasteiger partial charge in [-0.2, -0.15) is 0 Å². The van der Waals surface area contributed by atoms with Crippen LogP contribution in [-0.2, 0) is 0 Å². The van der Waals surface area contributed by atoms with Gasteiger partial charge < -0.3 is 10.2 Å². The number of nitrogens with one attached hydrogen (secondary N) is 1. The van der Waals surface area contributed by atoms with Crippen molar-refractivity contribution >= 4 is 11.4 Å². The fraction of sp³-hybridized carbons (Fsp3) is 0.571. The minimum Gasteiger partial charge on any atom is -0.367 e. The van der Waals surface area contributed by atoms with E-state index in [2.05, 4.69) is 5.32 Å². The van der Waals surface area contributed by atoms with Gasteiger partial charge in [0.1, 0.15) is 0 Å². The molecular formula is C14H19F2N3O2. The number of piperidine rings is 1. The lowest BCUT2D eigenvalue weighted by Crippen LogP contribution is -2.45. The molecule has 1 aliphatic rings. The largest absolute Gasteiger partial charge is 0.367 e. The van der Waals surface area contributed by atoms with Gasteiger partial charge in [-0.05, 0) is 32.4 Å². The molecule has 5 nitrogen and oxygen atoms in total. The van der Waals surface area contributed by atoms with Gasteiger partial charge in [-0.3, -0.25) is 10.1 Å². The topological polar surface area (TPSA) is 58.4 Å². The van der Waals surface area contributed by atoms with Crippen molar-refractivity contribution in [2.75, 3.05) is 25.0 Å². The van der Waals surface area contributed by atoms with Crippen LogP contribution in [0.15, 0.2) is 18.2 Å². The van der Waals surface area contributed by atoms with Crippen molar-refractivity contribution in [3.05, 3.63) is 33.9 Å². The maximum atomic E-state index is 13.3. The zero-order chi connectivity index (χ0) is 15.4. The van der Waals surface area contributed by atoms with E-state index in [1.807, 2.05) is 11.9 Å². The third-order valence-electron chi connectivity index (χ3n) is 3.83. The highest BCUT2D eigenvalue weighted by atomic mass is 19.3. The third-order valence-corrected chi connectivity index (χ3v) is 3.83. The van der Waals surface area contributed by atoms with Crippen molar-refractivity contribution in [1.82, 2.24) is 5.32 Å². The maximum absolute atomic E-state index is 13.3. The molecule has 116 valence electrons. The fourth-order valence-electron chi connectivity index (χ4n) is 2.86. The monoisotopic (exact) mass is 299 g/mol. The van der Waals surface area contributed by atoms with Crippen molar-refractivity contribution in [1.29, 1.82) is 0 Å². The molecule has 0 aromatic heterocycles. The Bertz CT molecular complexity index is 509. The smallest absolute Gasteiger partial charge is 0.270 e. The Morgan fingerprint density at radius 2 is 2.24 bits per heavy atom. The molecule has 1 heterocycles. The molecule has 0 spiro atoms. The summed E-state index contributed by atoms with van der Waals surface area (Å²) < 4.78 is 26.5. The zero-order valence-electron chi connectivity index (χ0n) is 11.9. The molecule has 1 N–H and O–H groups in total. The Morgan fingerprint density at radius 3 is 2.86 bits per heavy atom. The van der Waals surface area contributed by atoms with Crippen LogP contribution in [0.25, 0.3) is 0 Å². The Labute approximate surface area is 122 Å². The molecule has 7 heteroatoms. The minimum atomic E-state index is -2.72. The molecule has 1 saturated heterocycles. The van der Waals surface area contributed by atoms with E-state index in [0.29, 0.717) is 18.8 Å². The summed E-state index contributed by atoms with van der Waals surface area (Å²) >= 11 is 0. The van der Waals surface area contributed by atoms with Crippen LogP contribution in [0, 0.1) is 10.1 Å². The van der Waals surface area contributed by atoms with E-state index in [1.54, 1.807) is 0 Å². The number of nitro benzene ring substituents is 1.